The maximum absolute atomic E-state index is 13.6. The number of carbonyl (C=O) groups is 1. The monoisotopic (exact) mass is 350 g/mol. The molecule has 0 aromatic heterocycles. The number of hydrogen-bond acceptors (Lipinski definition) is 2. The van der Waals surface area contributed by atoms with Crippen LogP contribution < -0.4 is 11.1 Å². The van der Waals surface area contributed by atoms with E-state index in [1.54, 1.807) is 24.3 Å². The van der Waals surface area contributed by atoms with Gasteiger partial charge in [0.15, 0.2) is 0 Å². The van der Waals surface area contributed by atoms with E-state index in [1.165, 1.54) is 6.07 Å². The Labute approximate surface area is 131 Å². The quantitative estimate of drug-likeness (QED) is 0.869. The van der Waals surface area contributed by atoms with E-state index >= 15 is 0 Å². The molecule has 0 spiro atoms. The van der Waals surface area contributed by atoms with Gasteiger partial charge < -0.3 is 11.1 Å². The summed E-state index contributed by atoms with van der Waals surface area (Å²) in [4.78, 5) is 11.1. The van der Waals surface area contributed by atoms with E-state index in [0.717, 1.165) is 15.6 Å². The van der Waals surface area contributed by atoms with E-state index < -0.39 is 5.91 Å². The van der Waals surface area contributed by atoms with Gasteiger partial charge in [-0.3, -0.25) is 4.79 Å². The van der Waals surface area contributed by atoms with Crippen molar-refractivity contribution in [3.05, 3.63) is 68.9 Å². The average Bonchev–Trinajstić information content (AvgIpc) is 2.44. The van der Waals surface area contributed by atoms with Crippen LogP contribution in [0, 0.1) is 12.7 Å². The van der Waals surface area contributed by atoms with Gasteiger partial charge in [0, 0.05) is 28.7 Å². The fourth-order valence-electron chi connectivity index (χ4n) is 2.06. The summed E-state index contributed by atoms with van der Waals surface area (Å²) in [5.41, 5.74) is 8.37. The van der Waals surface area contributed by atoms with E-state index in [9.17, 15) is 9.18 Å². The fourth-order valence-corrected chi connectivity index (χ4v) is 2.47. The second-order valence-electron chi connectivity index (χ2n) is 4.84. The molecular weight excluding hydrogens is 335 g/mol. The van der Waals surface area contributed by atoms with Gasteiger partial charge in [-0.2, -0.15) is 0 Å². The van der Waals surface area contributed by atoms with Gasteiger partial charge >= 0.3 is 0 Å². The van der Waals surface area contributed by atoms with Crippen LogP contribution in [0.2, 0.25) is 0 Å². The summed E-state index contributed by atoms with van der Waals surface area (Å²) < 4.78 is 14.5. The van der Waals surface area contributed by atoms with Gasteiger partial charge in [0.05, 0.1) is 0 Å². The Kier molecular flexibility index (Phi) is 5.09. The maximum atomic E-state index is 13.6. The van der Waals surface area contributed by atoms with Crippen molar-refractivity contribution in [3.63, 3.8) is 0 Å². The van der Waals surface area contributed by atoms with Crippen LogP contribution in [0.25, 0.3) is 0 Å². The fraction of sp³-hybridized carbons (Fsp3) is 0.188. The van der Waals surface area contributed by atoms with Crippen LogP contribution in [0.5, 0.6) is 0 Å². The molecular formula is C16H16BrFN2O. The molecule has 0 unspecified atom stereocenters. The SMILES string of the molecule is Cc1cc(C(N)=O)ccc1CNCc1cc(Br)ccc1F. The lowest BCUT2D eigenvalue weighted by atomic mass is 10.0. The minimum absolute atomic E-state index is 0.230. The van der Waals surface area contributed by atoms with Crippen LogP contribution in [0.3, 0.4) is 0 Å². The van der Waals surface area contributed by atoms with Gasteiger partial charge in [-0.25, -0.2) is 4.39 Å². The first-order chi connectivity index (χ1) is 9.97. The largest absolute Gasteiger partial charge is 0.366 e. The van der Waals surface area contributed by atoms with E-state index in [4.69, 9.17) is 5.73 Å². The van der Waals surface area contributed by atoms with Gasteiger partial charge in [-0.15, -0.1) is 0 Å². The minimum atomic E-state index is -0.436. The molecule has 0 bridgehead atoms. The number of benzene rings is 2. The number of nitrogens with two attached hydrogens (primary N) is 1. The van der Waals surface area contributed by atoms with Gasteiger partial charge in [-0.05, 0) is 48.4 Å². The first kappa shape index (κ1) is 15.7. The lowest BCUT2D eigenvalue weighted by molar-refractivity contribution is 0.1000. The van der Waals surface area contributed by atoms with Crippen molar-refractivity contribution < 1.29 is 9.18 Å². The first-order valence-corrected chi connectivity index (χ1v) is 7.30. The van der Waals surface area contributed by atoms with Crippen LogP contribution in [0.1, 0.15) is 27.0 Å². The van der Waals surface area contributed by atoms with Crippen LogP contribution in [-0.2, 0) is 13.1 Å². The zero-order valence-electron chi connectivity index (χ0n) is 11.6. The van der Waals surface area contributed by atoms with Crippen LogP contribution in [-0.4, -0.2) is 5.91 Å². The molecule has 0 saturated heterocycles. The molecule has 0 aliphatic carbocycles. The Morgan fingerprint density at radius 3 is 2.57 bits per heavy atom. The predicted octanol–water partition coefficient (Wildman–Crippen LogP) is 3.29. The lowest BCUT2D eigenvalue weighted by Gasteiger charge is -2.10. The highest BCUT2D eigenvalue weighted by atomic mass is 79.9. The summed E-state index contributed by atoms with van der Waals surface area (Å²) in [5, 5.41) is 3.20. The minimum Gasteiger partial charge on any atom is -0.366 e. The van der Waals surface area contributed by atoms with Crippen molar-refractivity contribution in [1.82, 2.24) is 5.32 Å². The zero-order chi connectivity index (χ0) is 15.4. The van der Waals surface area contributed by atoms with Gasteiger partial charge in [0.25, 0.3) is 0 Å². The van der Waals surface area contributed by atoms with Crippen molar-refractivity contribution in [1.29, 1.82) is 0 Å². The topological polar surface area (TPSA) is 55.1 Å². The molecule has 5 heteroatoms. The molecule has 0 radical (unpaired) electrons. The number of nitrogens with one attached hydrogen (secondary N) is 1. The number of primary amides is 1. The summed E-state index contributed by atoms with van der Waals surface area (Å²) in [6, 6.07) is 10.2. The highest BCUT2D eigenvalue weighted by molar-refractivity contribution is 9.10. The van der Waals surface area contributed by atoms with Crippen LogP contribution in [0.15, 0.2) is 40.9 Å². The summed E-state index contributed by atoms with van der Waals surface area (Å²) in [6.45, 7) is 2.95. The molecule has 2 aromatic rings. The third kappa shape index (κ3) is 4.12. The second-order valence-corrected chi connectivity index (χ2v) is 5.76. The highest BCUT2D eigenvalue weighted by Crippen LogP contribution is 2.16. The van der Waals surface area contributed by atoms with Crippen molar-refractivity contribution in [2.75, 3.05) is 0 Å². The summed E-state index contributed by atoms with van der Waals surface area (Å²) in [5.74, 6) is -0.666. The van der Waals surface area contributed by atoms with E-state index in [0.29, 0.717) is 24.2 Å². The van der Waals surface area contributed by atoms with Crippen molar-refractivity contribution in [2.24, 2.45) is 5.73 Å². The summed E-state index contributed by atoms with van der Waals surface area (Å²) in [7, 11) is 0. The number of aryl methyl sites for hydroxylation is 1. The van der Waals surface area contributed by atoms with Crippen molar-refractivity contribution in [2.45, 2.75) is 20.0 Å². The maximum Gasteiger partial charge on any atom is 0.248 e. The molecule has 2 rings (SSSR count). The third-order valence-electron chi connectivity index (χ3n) is 3.27. The zero-order valence-corrected chi connectivity index (χ0v) is 13.2. The molecule has 0 aliphatic rings. The normalized spacial score (nSPS) is 10.6. The summed E-state index contributed by atoms with van der Waals surface area (Å²) in [6.07, 6.45) is 0. The van der Waals surface area contributed by atoms with Gasteiger partial charge in [0.1, 0.15) is 5.82 Å². The number of hydrogen-bond donors (Lipinski definition) is 2. The molecule has 0 aliphatic heterocycles. The van der Waals surface area contributed by atoms with Gasteiger partial charge in [0.2, 0.25) is 5.91 Å². The van der Waals surface area contributed by atoms with Crippen LogP contribution >= 0.6 is 15.9 Å². The van der Waals surface area contributed by atoms with E-state index in [1.807, 2.05) is 13.0 Å². The molecule has 3 nitrogen and oxygen atoms in total. The molecule has 2 aromatic carbocycles. The average molecular weight is 351 g/mol. The molecule has 0 atom stereocenters. The molecule has 1 amide bonds. The standard InChI is InChI=1S/C16H16BrFN2O/c1-10-6-11(16(19)21)2-3-12(10)8-20-9-13-7-14(17)4-5-15(13)18/h2-7,20H,8-9H2,1H3,(H2,19,21). The number of halogens is 2. The van der Waals surface area contributed by atoms with Crippen molar-refractivity contribution >= 4 is 21.8 Å². The van der Waals surface area contributed by atoms with Crippen molar-refractivity contribution in [3.8, 4) is 0 Å². The van der Waals surface area contributed by atoms with E-state index in [2.05, 4.69) is 21.2 Å². The predicted molar refractivity (Wildman–Crippen MR) is 84.3 cm³/mol. The molecule has 0 saturated carbocycles. The molecule has 0 fully saturated rings. The Morgan fingerprint density at radius 2 is 1.90 bits per heavy atom. The Morgan fingerprint density at radius 1 is 1.19 bits per heavy atom. The number of carbonyl (C=O) groups excluding carboxylic acids is 1. The lowest BCUT2D eigenvalue weighted by Crippen LogP contribution is -2.16. The van der Waals surface area contributed by atoms with Crippen LogP contribution in [0.4, 0.5) is 4.39 Å². The molecule has 3 N–H and O–H groups in total. The highest BCUT2D eigenvalue weighted by Gasteiger charge is 2.06. The Balaban J connectivity index is 2.00. The van der Waals surface area contributed by atoms with E-state index in [-0.39, 0.29) is 5.82 Å². The first-order valence-electron chi connectivity index (χ1n) is 6.51. The molecule has 0 heterocycles. The number of rotatable bonds is 5. The number of amides is 1. The molecule has 110 valence electrons. The molecule has 21 heavy (non-hydrogen) atoms. The van der Waals surface area contributed by atoms with Gasteiger partial charge in [-0.1, -0.05) is 22.0 Å². The summed E-state index contributed by atoms with van der Waals surface area (Å²) >= 11 is 3.33. The Hall–Kier alpha value is -1.72. The second kappa shape index (κ2) is 6.83. The third-order valence-corrected chi connectivity index (χ3v) is 3.76. The smallest absolute Gasteiger partial charge is 0.248 e. The Bertz CT molecular complexity index is 673.